The van der Waals surface area contributed by atoms with Crippen molar-refractivity contribution in [3.8, 4) is 0 Å². The van der Waals surface area contributed by atoms with Crippen LogP contribution in [0.15, 0.2) is 30.3 Å². The smallest absolute Gasteiger partial charge is 0.475 e. The largest absolute Gasteiger partial charge is 0.490 e. The van der Waals surface area contributed by atoms with Crippen molar-refractivity contribution in [1.82, 2.24) is 10.2 Å². The second kappa shape index (κ2) is 7.65. The molecular weight excluding hydrogens is 325 g/mol. The van der Waals surface area contributed by atoms with E-state index in [1.165, 1.54) is 6.42 Å². The van der Waals surface area contributed by atoms with Gasteiger partial charge < -0.3 is 15.3 Å². The fourth-order valence-electron chi connectivity index (χ4n) is 3.03. The fourth-order valence-corrected chi connectivity index (χ4v) is 3.03. The quantitative estimate of drug-likeness (QED) is 0.818. The zero-order chi connectivity index (χ0) is 17.7. The summed E-state index contributed by atoms with van der Waals surface area (Å²) in [4.78, 5) is 23.3. The summed E-state index contributed by atoms with van der Waals surface area (Å²) in [7, 11) is 0. The molecule has 2 fully saturated rings. The highest BCUT2D eigenvalue weighted by atomic mass is 19.4. The number of halogens is 3. The first-order valence-corrected chi connectivity index (χ1v) is 7.62. The topological polar surface area (TPSA) is 69.6 Å². The van der Waals surface area contributed by atoms with Crippen molar-refractivity contribution in [2.45, 2.75) is 12.6 Å². The average molecular weight is 344 g/mol. The number of likely N-dealkylation sites (tertiary alicyclic amines) is 1. The SMILES string of the molecule is O=C(O)C(F)(F)F.O=C(c1ccccc1)N1C[C@@H]2CNC[C@@H](C2)C1. The van der Waals surface area contributed by atoms with Gasteiger partial charge in [0.2, 0.25) is 0 Å². The van der Waals surface area contributed by atoms with Crippen LogP contribution < -0.4 is 5.32 Å². The van der Waals surface area contributed by atoms with Gasteiger partial charge in [0.1, 0.15) is 0 Å². The molecule has 132 valence electrons. The second-order valence-electron chi connectivity index (χ2n) is 6.01. The number of piperidine rings is 2. The maximum absolute atomic E-state index is 12.3. The van der Waals surface area contributed by atoms with Crippen LogP contribution in [0.4, 0.5) is 13.2 Å². The van der Waals surface area contributed by atoms with E-state index in [0.717, 1.165) is 31.7 Å². The highest BCUT2D eigenvalue weighted by Crippen LogP contribution is 2.25. The Kier molecular flexibility index (Phi) is 5.82. The van der Waals surface area contributed by atoms with Crippen molar-refractivity contribution >= 4 is 11.9 Å². The molecule has 0 unspecified atom stereocenters. The Morgan fingerprint density at radius 3 is 2.04 bits per heavy atom. The van der Waals surface area contributed by atoms with Crippen LogP contribution in [-0.2, 0) is 4.79 Å². The van der Waals surface area contributed by atoms with Crippen molar-refractivity contribution in [3.63, 3.8) is 0 Å². The van der Waals surface area contributed by atoms with Gasteiger partial charge in [-0.2, -0.15) is 13.2 Å². The molecule has 24 heavy (non-hydrogen) atoms. The van der Waals surface area contributed by atoms with E-state index in [1.54, 1.807) is 0 Å². The maximum atomic E-state index is 12.3. The number of nitrogens with one attached hydrogen (secondary N) is 1. The van der Waals surface area contributed by atoms with Crippen molar-refractivity contribution in [2.24, 2.45) is 11.8 Å². The Bertz CT molecular complexity index is 566. The fraction of sp³-hybridized carbons (Fsp3) is 0.500. The number of hydrogen-bond donors (Lipinski definition) is 2. The van der Waals surface area contributed by atoms with Gasteiger partial charge in [0.05, 0.1) is 0 Å². The highest BCUT2D eigenvalue weighted by Gasteiger charge is 2.38. The Hall–Kier alpha value is -2.09. The molecule has 2 aliphatic rings. The summed E-state index contributed by atoms with van der Waals surface area (Å²) in [5.74, 6) is -1.26. The Balaban J connectivity index is 0.000000256. The van der Waals surface area contributed by atoms with Crippen LogP contribution >= 0.6 is 0 Å². The van der Waals surface area contributed by atoms with Crippen LogP contribution in [0.1, 0.15) is 16.8 Å². The first-order chi connectivity index (χ1) is 11.3. The summed E-state index contributed by atoms with van der Waals surface area (Å²) in [6.45, 7) is 3.96. The summed E-state index contributed by atoms with van der Waals surface area (Å²) in [5.41, 5.74) is 0.820. The van der Waals surface area contributed by atoms with Crippen LogP contribution in [0.25, 0.3) is 0 Å². The minimum Gasteiger partial charge on any atom is -0.475 e. The first-order valence-electron chi connectivity index (χ1n) is 7.62. The number of benzene rings is 1. The monoisotopic (exact) mass is 344 g/mol. The molecule has 2 N–H and O–H groups in total. The Morgan fingerprint density at radius 1 is 1.08 bits per heavy atom. The molecule has 1 aromatic rings. The maximum Gasteiger partial charge on any atom is 0.490 e. The molecule has 2 atom stereocenters. The second-order valence-corrected chi connectivity index (χ2v) is 6.01. The van der Waals surface area contributed by atoms with Crippen molar-refractivity contribution in [2.75, 3.05) is 26.2 Å². The zero-order valence-corrected chi connectivity index (χ0v) is 12.9. The van der Waals surface area contributed by atoms with E-state index in [0.29, 0.717) is 11.8 Å². The van der Waals surface area contributed by atoms with Gasteiger partial charge in [-0.15, -0.1) is 0 Å². The number of carbonyl (C=O) groups excluding carboxylic acids is 1. The molecule has 2 bridgehead atoms. The summed E-state index contributed by atoms with van der Waals surface area (Å²) < 4.78 is 31.7. The van der Waals surface area contributed by atoms with Gasteiger partial charge in [0.15, 0.2) is 0 Å². The first kappa shape index (κ1) is 18.3. The highest BCUT2D eigenvalue weighted by molar-refractivity contribution is 5.94. The molecule has 2 aliphatic heterocycles. The van der Waals surface area contributed by atoms with E-state index in [2.05, 4.69) is 5.32 Å². The van der Waals surface area contributed by atoms with Crippen LogP contribution in [0, 0.1) is 11.8 Å². The van der Waals surface area contributed by atoms with Crippen molar-refractivity contribution < 1.29 is 27.9 Å². The van der Waals surface area contributed by atoms with Crippen LogP contribution in [0.2, 0.25) is 0 Å². The number of amides is 1. The van der Waals surface area contributed by atoms with Gasteiger partial charge in [0.25, 0.3) is 5.91 Å². The molecule has 5 nitrogen and oxygen atoms in total. The number of aliphatic carboxylic acids is 1. The third kappa shape index (κ3) is 4.95. The summed E-state index contributed by atoms with van der Waals surface area (Å²) in [6.07, 6.45) is -3.80. The van der Waals surface area contributed by atoms with Crippen LogP contribution in [0.5, 0.6) is 0 Å². The third-order valence-corrected chi connectivity index (χ3v) is 4.04. The predicted molar refractivity (Wildman–Crippen MR) is 80.5 cm³/mol. The number of carboxylic acids is 1. The number of fused-ring (bicyclic) bond motifs is 2. The van der Waals surface area contributed by atoms with E-state index in [9.17, 15) is 18.0 Å². The van der Waals surface area contributed by atoms with E-state index in [1.807, 2.05) is 35.2 Å². The molecule has 0 aliphatic carbocycles. The molecule has 0 radical (unpaired) electrons. The van der Waals surface area contributed by atoms with Gasteiger partial charge in [0, 0.05) is 18.7 Å². The third-order valence-electron chi connectivity index (χ3n) is 4.04. The molecule has 0 saturated carbocycles. The molecular formula is C16H19F3N2O3. The minimum absolute atomic E-state index is 0.196. The molecule has 0 aromatic heterocycles. The molecule has 1 amide bonds. The van der Waals surface area contributed by atoms with Gasteiger partial charge in [-0.25, -0.2) is 4.79 Å². The van der Waals surface area contributed by atoms with Crippen molar-refractivity contribution in [1.29, 1.82) is 0 Å². The van der Waals surface area contributed by atoms with E-state index >= 15 is 0 Å². The predicted octanol–water partition coefficient (Wildman–Crippen LogP) is 2.00. The Labute approximate surface area is 137 Å². The lowest BCUT2D eigenvalue weighted by atomic mass is 9.85. The summed E-state index contributed by atoms with van der Waals surface area (Å²) >= 11 is 0. The molecule has 1 aromatic carbocycles. The lowest BCUT2D eigenvalue weighted by Gasteiger charge is -2.41. The van der Waals surface area contributed by atoms with E-state index in [-0.39, 0.29) is 5.91 Å². The van der Waals surface area contributed by atoms with Crippen LogP contribution in [0.3, 0.4) is 0 Å². The number of carbonyl (C=O) groups is 2. The summed E-state index contributed by atoms with van der Waals surface area (Å²) in [5, 5.41) is 10.6. The number of alkyl halides is 3. The van der Waals surface area contributed by atoms with Crippen molar-refractivity contribution in [3.05, 3.63) is 35.9 Å². The molecule has 0 spiro atoms. The van der Waals surface area contributed by atoms with Gasteiger partial charge >= 0.3 is 12.1 Å². The lowest BCUT2D eigenvalue weighted by Crippen LogP contribution is -2.52. The molecule has 3 rings (SSSR count). The van der Waals surface area contributed by atoms with Gasteiger partial charge in [-0.05, 0) is 43.5 Å². The number of rotatable bonds is 1. The minimum atomic E-state index is -5.08. The van der Waals surface area contributed by atoms with E-state index in [4.69, 9.17) is 9.90 Å². The standard InChI is InChI=1S/C14H18N2O.C2HF3O2/c17-14(13-4-2-1-3-5-13)16-9-11-6-12(10-16)8-15-7-11;3-2(4,5)1(6)7/h1-5,11-12,15H,6-10H2;(H,6,7)/t11-,12+;. The lowest BCUT2D eigenvalue weighted by molar-refractivity contribution is -0.192. The summed E-state index contributed by atoms with van der Waals surface area (Å²) in [6, 6.07) is 9.63. The number of nitrogens with zero attached hydrogens (tertiary/aromatic N) is 1. The molecule has 2 heterocycles. The molecule has 8 heteroatoms. The van der Waals surface area contributed by atoms with E-state index < -0.39 is 12.1 Å². The van der Waals surface area contributed by atoms with Gasteiger partial charge in [-0.3, -0.25) is 4.79 Å². The molecule has 2 saturated heterocycles. The zero-order valence-electron chi connectivity index (χ0n) is 12.9. The normalized spacial score (nSPS) is 23.0. The Morgan fingerprint density at radius 2 is 1.58 bits per heavy atom. The van der Waals surface area contributed by atoms with Crippen LogP contribution in [-0.4, -0.2) is 54.2 Å². The van der Waals surface area contributed by atoms with Gasteiger partial charge in [-0.1, -0.05) is 18.2 Å². The number of hydrogen-bond acceptors (Lipinski definition) is 3. The average Bonchev–Trinajstić information content (AvgIpc) is 2.54. The number of carboxylic acid groups (broad SMARTS) is 1.